The van der Waals surface area contributed by atoms with Crippen molar-refractivity contribution in [2.24, 2.45) is 0 Å². The molecule has 0 radical (unpaired) electrons. The molecule has 1 aliphatic rings. The van der Waals surface area contributed by atoms with Gasteiger partial charge in [0.05, 0.1) is 22.5 Å². The summed E-state index contributed by atoms with van der Waals surface area (Å²) < 4.78 is 14.1. The van der Waals surface area contributed by atoms with Crippen molar-refractivity contribution in [3.8, 4) is 16.9 Å². The Balaban J connectivity index is 2.05. The third-order valence-electron chi connectivity index (χ3n) is 3.85. The molecule has 3 aromatic rings. The summed E-state index contributed by atoms with van der Waals surface area (Å²) in [7, 11) is 0. The molecule has 114 valence electrons. The van der Waals surface area contributed by atoms with Crippen molar-refractivity contribution >= 4 is 17.1 Å². The standard InChI is InChI=1S/C17H12N2O3S/c20-17(21)15-13-10-23(22)14-9-5-4-8-12(14)16(13)19(18-15)11-6-2-1-3-7-11/h1-9H,10H2,(H,20,21). The van der Waals surface area contributed by atoms with Gasteiger partial charge in [-0.1, -0.05) is 30.3 Å². The van der Waals surface area contributed by atoms with Gasteiger partial charge in [-0.05, 0) is 35.4 Å². The molecule has 0 bridgehead atoms. The smallest absolute Gasteiger partial charge is 0.356 e. The average molecular weight is 324 g/mol. The van der Waals surface area contributed by atoms with Gasteiger partial charge in [0.1, 0.15) is 5.75 Å². The van der Waals surface area contributed by atoms with Gasteiger partial charge in [0.2, 0.25) is 0 Å². The lowest BCUT2D eigenvalue weighted by Crippen LogP contribution is -2.15. The predicted molar refractivity (Wildman–Crippen MR) is 86.1 cm³/mol. The number of fused-ring (bicyclic) bond motifs is 3. The third-order valence-corrected chi connectivity index (χ3v) is 5.25. The number of aromatic nitrogens is 2. The van der Waals surface area contributed by atoms with E-state index in [2.05, 4.69) is 5.10 Å². The normalized spacial score (nSPS) is 15.8. The van der Waals surface area contributed by atoms with Gasteiger partial charge < -0.3 is 9.66 Å². The van der Waals surface area contributed by atoms with E-state index in [1.807, 2.05) is 54.6 Å². The SMILES string of the molecule is O=C(O)c1nn(-c2ccccc2)c2c1C[S+]([O-])c1ccccc1-2. The number of para-hydroxylation sites is 1. The molecule has 1 atom stereocenters. The highest BCUT2D eigenvalue weighted by atomic mass is 32.2. The molecule has 1 N–H and O–H groups in total. The largest absolute Gasteiger partial charge is 0.611 e. The molecule has 0 aliphatic carbocycles. The van der Waals surface area contributed by atoms with Crippen LogP contribution in [0.5, 0.6) is 0 Å². The Morgan fingerprint density at radius 2 is 1.83 bits per heavy atom. The molecule has 4 rings (SSSR count). The quantitative estimate of drug-likeness (QED) is 0.735. The first-order valence-corrected chi connectivity index (χ1v) is 8.37. The van der Waals surface area contributed by atoms with Gasteiger partial charge in [0.25, 0.3) is 0 Å². The number of nitrogens with zero attached hydrogens (tertiary/aromatic N) is 2. The number of benzene rings is 2. The minimum Gasteiger partial charge on any atom is -0.611 e. The molecule has 23 heavy (non-hydrogen) atoms. The number of rotatable bonds is 2. The minimum absolute atomic E-state index is 0.0355. The summed E-state index contributed by atoms with van der Waals surface area (Å²) in [5.74, 6) is -0.937. The molecular formula is C17H12N2O3S. The van der Waals surface area contributed by atoms with E-state index in [1.54, 1.807) is 4.68 Å². The Bertz CT molecular complexity index is 905. The highest BCUT2D eigenvalue weighted by molar-refractivity contribution is 7.90. The monoisotopic (exact) mass is 324 g/mol. The lowest BCUT2D eigenvalue weighted by molar-refractivity contribution is 0.0689. The van der Waals surface area contributed by atoms with Crippen LogP contribution >= 0.6 is 0 Å². The molecular weight excluding hydrogens is 312 g/mol. The van der Waals surface area contributed by atoms with Crippen LogP contribution in [0.15, 0.2) is 59.5 Å². The number of carboxylic acid groups (broad SMARTS) is 1. The van der Waals surface area contributed by atoms with Crippen LogP contribution in [-0.2, 0) is 16.9 Å². The second-order valence-electron chi connectivity index (χ2n) is 5.21. The maximum absolute atomic E-state index is 12.4. The lowest BCUT2D eigenvalue weighted by Gasteiger charge is -2.20. The van der Waals surface area contributed by atoms with E-state index in [0.29, 0.717) is 16.2 Å². The van der Waals surface area contributed by atoms with Crippen molar-refractivity contribution in [3.63, 3.8) is 0 Å². The van der Waals surface area contributed by atoms with Gasteiger partial charge in [0, 0.05) is 0 Å². The Labute approximate surface area is 135 Å². The fourth-order valence-corrected chi connectivity index (χ4v) is 4.19. The van der Waals surface area contributed by atoms with Crippen LogP contribution in [0, 0.1) is 0 Å². The molecule has 5 nitrogen and oxygen atoms in total. The Morgan fingerprint density at radius 1 is 1.13 bits per heavy atom. The second-order valence-corrected chi connectivity index (χ2v) is 6.63. The molecule has 2 heterocycles. The lowest BCUT2D eigenvalue weighted by atomic mass is 10.1. The van der Waals surface area contributed by atoms with Crippen molar-refractivity contribution in [2.75, 3.05) is 0 Å². The first kappa shape index (κ1) is 14.0. The van der Waals surface area contributed by atoms with Crippen LogP contribution in [0.1, 0.15) is 16.1 Å². The molecule has 1 aliphatic heterocycles. The summed E-state index contributed by atoms with van der Waals surface area (Å²) in [5, 5.41) is 13.7. The van der Waals surface area contributed by atoms with Crippen molar-refractivity contribution in [3.05, 3.63) is 65.9 Å². The van der Waals surface area contributed by atoms with Crippen LogP contribution in [0.2, 0.25) is 0 Å². The molecule has 2 aromatic carbocycles. The fraction of sp³-hybridized carbons (Fsp3) is 0.0588. The Morgan fingerprint density at radius 3 is 2.57 bits per heavy atom. The maximum Gasteiger partial charge on any atom is 0.356 e. The number of hydrogen-bond donors (Lipinski definition) is 1. The number of carboxylic acids is 1. The van der Waals surface area contributed by atoms with E-state index < -0.39 is 17.1 Å². The number of aromatic carboxylic acids is 1. The summed E-state index contributed by atoms with van der Waals surface area (Å²) in [6.45, 7) is 0. The van der Waals surface area contributed by atoms with Crippen molar-refractivity contribution in [2.45, 2.75) is 10.6 Å². The zero-order valence-electron chi connectivity index (χ0n) is 12.0. The van der Waals surface area contributed by atoms with Gasteiger partial charge in [0.15, 0.2) is 10.6 Å². The molecule has 1 unspecified atom stereocenters. The zero-order valence-corrected chi connectivity index (χ0v) is 12.8. The summed E-state index contributed by atoms with van der Waals surface area (Å²) in [6.07, 6.45) is 0. The van der Waals surface area contributed by atoms with Crippen molar-refractivity contribution in [1.29, 1.82) is 0 Å². The van der Waals surface area contributed by atoms with Gasteiger partial charge in [-0.2, -0.15) is 5.10 Å². The summed E-state index contributed by atoms with van der Waals surface area (Å²) in [6, 6.07) is 16.7. The van der Waals surface area contributed by atoms with E-state index in [1.165, 1.54) is 0 Å². The van der Waals surface area contributed by atoms with E-state index in [-0.39, 0.29) is 11.4 Å². The topological polar surface area (TPSA) is 78.2 Å². The zero-order chi connectivity index (χ0) is 16.0. The molecule has 0 spiro atoms. The summed E-state index contributed by atoms with van der Waals surface area (Å²) >= 11 is -1.26. The molecule has 0 amide bonds. The molecule has 6 heteroatoms. The molecule has 0 fully saturated rings. The Kier molecular flexibility index (Phi) is 3.21. The van der Waals surface area contributed by atoms with E-state index >= 15 is 0 Å². The highest BCUT2D eigenvalue weighted by Gasteiger charge is 2.35. The van der Waals surface area contributed by atoms with Gasteiger partial charge in [-0.25, -0.2) is 9.48 Å². The maximum atomic E-state index is 12.4. The van der Waals surface area contributed by atoms with E-state index in [9.17, 15) is 14.5 Å². The van der Waals surface area contributed by atoms with Gasteiger partial charge >= 0.3 is 5.97 Å². The van der Waals surface area contributed by atoms with Crippen LogP contribution in [0.4, 0.5) is 0 Å². The van der Waals surface area contributed by atoms with Crippen LogP contribution in [0.3, 0.4) is 0 Å². The number of hydrogen-bond acceptors (Lipinski definition) is 3. The number of carbonyl (C=O) groups is 1. The third kappa shape index (κ3) is 2.15. The molecule has 0 saturated heterocycles. The van der Waals surface area contributed by atoms with Gasteiger partial charge in [-0.15, -0.1) is 0 Å². The average Bonchev–Trinajstić information content (AvgIpc) is 2.96. The first-order chi connectivity index (χ1) is 11.2. The Hall–Kier alpha value is -2.57. The predicted octanol–water partition coefficient (Wildman–Crippen LogP) is 2.86. The summed E-state index contributed by atoms with van der Waals surface area (Å²) in [4.78, 5) is 12.3. The highest BCUT2D eigenvalue weighted by Crippen LogP contribution is 2.40. The van der Waals surface area contributed by atoms with Crippen LogP contribution < -0.4 is 0 Å². The second kappa shape index (κ2) is 5.26. The van der Waals surface area contributed by atoms with Crippen LogP contribution in [0.25, 0.3) is 16.9 Å². The van der Waals surface area contributed by atoms with E-state index in [4.69, 9.17) is 0 Å². The van der Waals surface area contributed by atoms with Crippen LogP contribution in [-0.4, -0.2) is 25.4 Å². The van der Waals surface area contributed by atoms with Crippen molar-refractivity contribution < 1.29 is 14.5 Å². The van der Waals surface area contributed by atoms with Crippen molar-refractivity contribution in [1.82, 2.24) is 9.78 Å². The molecule has 0 saturated carbocycles. The van der Waals surface area contributed by atoms with Gasteiger partial charge in [-0.3, -0.25) is 0 Å². The minimum atomic E-state index is -1.26. The van der Waals surface area contributed by atoms with E-state index in [0.717, 1.165) is 11.3 Å². The fourth-order valence-electron chi connectivity index (χ4n) is 2.86. The first-order valence-electron chi connectivity index (χ1n) is 7.05. The molecule has 1 aromatic heterocycles. The summed E-state index contributed by atoms with van der Waals surface area (Å²) in [5.41, 5.74) is 2.75.